The number of nitrogens with zero attached hydrogens (tertiary/aromatic N) is 2. The lowest BCUT2D eigenvalue weighted by atomic mass is 10.1. The third kappa shape index (κ3) is 3.08. The lowest BCUT2D eigenvalue weighted by molar-refractivity contribution is 0.0950. The molecule has 1 amide bonds. The molecule has 1 atom stereocenters. The molecule has 8 heteroatoms. The fourth-order valence-electron chi connectivity index (χ4n) is 2.33. The highest BCUT2D eigenvalue weighted by atomic mass is 19.3. The summed E-state index contributed by atoms with van der Waals surface area (Å²) in [6.07, 6.45) is 3.09. The van der Waals surface area contributed by atoms with E-state index in [1.165, 1.54) is 6.20 Å². The molecule has 0 aromatic carbocycles. The average molecular weight is 339 g/mol. The molecular weight excluding hydrogens is 326 g/mol. The van der Waals surface area contributed by atoms with Gasteiger partial charge in [-0.15, -0.1) is 0 Å². The number of rotatable bonds is 4. The third-order valence-corrected chi connectivity index (χ3v) is 3.99. The molecule has 1 N–H and O–H groups in total. The minimum absolute atomic E-state index is 0.000503. The smallest absolute Gasteiger partial charge is 0.257 e. The number of carbonyl (C=O) groups is 1. The molecule has 3 rings (SSSR count). The van der Waals surface area contributed by atoms with Gasteiger partial charge in [-0.3, -0.25) is 14.8 Å². The van der Waals surface area contributed by atoms with Crippen molar-refractivity contribution in [2.45, 2.75) is 31.7 Å². The van der Waals surface area contributed by atoms with Crippen LogP contribution in [0.3, 0.4) is 0 Å². The molecule has 1 aliphatic carbocycles. The van der Waals surface area contributed by atoms with Gasteiger partial charge in [0.15, 0.2) is 0 Å². The summed E-state index contributed by atoms with van der Waals surface area (Å²) in [5, 5.41) is 2.49. The van der Waals surface area contributed by atoms with Gasteiger partial charge in [0, 0.05) is 25.4 Å². The molecule has 1 unspecified atom stereocenters. The van der Waals surface area contributed by atoms with Crippen LogP contribution in [-0.2, 0) is 6.54 Å². The van der Waals surface area contributed by atoms with Gasteiger partial charge in [0.05, 0.1) is 23.4 Å². The Morgan fingerprint density at radius 2 is 2.00 bits per heavy atom. The Balaban J connectivity index is 1.69. The fourth-order valence-corrected chi connectivity index (χ4v) is 2.33. The zero-order valence-corrected chi connectivity index (χ0v) is 12.6. The van der Waals surface area contributed by atoms with Crippen LogP contribution in [0.5, 0.6) is 0 Å². The molecule has 0 bridgehead atoms. The Labute approximate surface area is 134 Å². The van der Waals surface area contributed by atoms with E-state index in [9.17, 15) is 22.4 Å². The van der Waals surface area contributed by atoms with Gasteiger partial charge < -0.3 is 5.32 Å². The second kappa shape index (κ2) is 5.85. The number of amides is 1. The van der Waals surface area contributed by atoms with Crippen molar-refractivity contribution < 1.29 is 22.4 Å². The highest BCUT2D eigenvalue weighted by Crippen LogP contribution is 2.55. The molecule has 4 nitrogen and oxygen atoms in total. The lowest BCUT2D eigenvalue weighted by Gasteiger charge is -2.09. The zero-order valence-electron chi connectivity index (χ0n) is 12.6. The topological polar surface area (TPSA) is 54.9 Å². The first-order valence-electron chi connectivity index (χ1n) is 7.20. The highest BCUT2D eigenvalue weighted by molar-refractivity contribution is 5.93. The lowest BCUT2D eigenvalue weighted by Crippen LogP contribution is -2.24. The number of hydrogen-bond donors (Lipinski definition) is 1. The molecule has 0 aliphatic heterocycles. The van der Waals surface area contributed by atoms with Crippen molar-refractivity contribution in [3.05, 3.63) is 58.7 Å². The van der Waals surface area contributed by atoms with Gasteiger partial charge in [0.1, 0.15) is 11.6 Å². The van der Waals surface area contributed by atoms with Crippen LogP contribution in [0.1, 0.15) is 39.5 Å². The maximum atomic E-state index is 13.9. The van der Waals surface area contributed by atoms with Gasteiger partial charge in [0.2, 0.25) is 0 Å². The number of carbonyl (C=O) groups excluding carboxylic acids is 1. The van der Waals surface area contributed by atoms with Crippen LogP contribution in [0.15, 0.2) is 24.7 Å². The standard InChI is InChI=1S/C16H13F4N3O/c1-8-10(4-21-7-13(8)18)6-23-15(24)9-2-12(17)14(22-5-9)11-3-16(11,19)20/h2,4-5,7,11H,3,6H2,1H3,(H,23,24). The van der Waals surface area contributed by atoms with Crippen LogP contribution in [0.4, 0.5) is 17.6 Å². The molecular formula is C16H13F4N3O. The molecule has 24 heavy (non-hydrogen) atoms. The first kappa shape index (κ1) is 16.4. The van der Waals surface area contributed by atoms with Crippen molar-refractivity contribution in [1.29, 1.82) is 0 Å². The second-order valence-corrected chi connectivity index (χ2v) is 5.70. The van der Waals surface area contributed by atoms with Crippen molar-refractivity contribution in [1.82, 2.24) is 15.3 Å². The summed E-state index contributed by atoms with van der Waals surface area (Å²) in [5.41, 5.74) is 0.399. The van der Waals surface area contributed by atoms with E-state index in [1.807, 2.05) is 0 Å². The Hall–Kier alpha value is -2.51. The zero-order chi connectivity index (χ0) is 17.5. The summed E-state index contributed by atoms with van der Waals surface area (Å²) in [6, 6.07) is 0.878. The molecule has 0 spiro atoms. The molecule has 0 radical (unpaired) electrons. The number of pyridine rings is 2. The molecule has 1 fully saturated rings. The number of nitrogens with one attached hydrogen (secondary N) is 1. The van der Waals surface area contributed by atoms with Gasteiger partial charge in [-0.1, -0.05) is 0 Å². The predicted octanol–water partition coefficient (Wildman–Crippen LogP) is 3.12. The molecule has 2 aromatic rings. The van der Waals surface area contributed by atoms with Crippen LogP contribution in [0.25, 0.3) is 0 Å². The summed E-state index contributed by atoms with van der Waals surface area (Å²) in [4.78, 5) is 19.4. The van der Waals surface area contributed by atoms with Gasteiger partial charge in [-0.05, 0) is 24.1 Å². The Kier molecular flexibility index (Phi) is 3.98. The van der Waals surface area contributed by atoms with Crippen LogP contribution < -0.4 is 5.32 Å². The average Bonchev–Trinajstić information content (AvgIpc) is 3.16. The molecule has 0 saturated heterocycles. The quantitative estimate of drug-likeness (QED) is 0.871. The van der Waals surface area contributed by atoms with E-state index < -0.39 is 35.8 Å². The minimum atomic E-state index is -2.93. The molecule has 2 heterocycles. The summed E-state index contributed by atoms with van der Waals surface area (Å²) in [6.45, 7) is 1.55. The van der Waals surface area contributed by atoms with Gasteiger partial charge in [-0.25, -0.2) is 17.6 Å². The van der Waals surface area contributed by atoms with Gasteiger partial charge in [-0.2, -0.15) is 0 Å². The SMILES string of the molecule is Cc1c(F)cncc1CNC(=O)c1cnc(C2CC2(F)F)c(F)c1. The van der Waals surface area contributed by atoms with Crippen molar-refractivity contribution in [2.24, 2.45) is 0 Å². The summed E-state index contributed by atoms with van der Waals surface area (Å²) >= 11 is 0. The van der Waals surface area contributed by atoms with Crippen LogP contribution in [-0.4, -0.2) is 21.8 Å². The molecule has 126 valence electrons. The van der Waals surface area contributed by atoms with E-state index in [2.05, 4.69) is 15.3 Å². The van der Waals surface area contributed by atoms with E-state index in [4.69, 9.17) is 0 Å². The third-order valence-electron chi connectivity index (χ3n) is 3.99. The first-order chi connectivity index (χ1) is 11.3. The predicted molar refractivity (Wildman–Crippen MR) is 76.6 cm³/mol. The summed E-state index contributed by atoms with van der Waals surface area (Å²) in [7, 11) is 0. The fraction of sp³-hybridized carbons (Fsp3) is 0.312. The van der Waals surface area contributed by atoms with Gasteiger partial charge in [0.25, 0.3) is 11.8 Å². The Morgan fingerprint density at radius 1 is 1.29 bits per heavy atom. The van der Waals surface area contributed by atoms with Crippen molar-refractivity contribution >= 4 is 5.91 Å². The monoisotopic (exact) mass is 339 g/mol. The number of alkyl halides is 2. The van der Waals surface area contributed by atoms with Crippen LogP contribution >= 0.6 is 0 Å². The van der Waals surface area contributed by atoms with E-state index in [1.54, 1.807) is 6.92 Å². The number of aromatic nitrogens is 2. The van der Waals surface area contributed by atoms with Crippen molar-refractivity contribution in [3.63, 3.8) is 0 Å². The van der Waals surface area contributed by atoms with E-state index in [0.29, 0.717) is 11.1 Å². The van der Waals surface area contributed by atoms with Gasteiger partial charge >= 0.3 is 0 Å². The normalized spacial score (nSPS) is 18.3. The van der Waals surface area contributed by atoms with Crippen molar-refractivity contribution in [3.8, 4) is 0 Å². The first-order valence-corrected chi connectivity index (χ1v) is 7.20. The largest absolute Gasteiger partial charge is 0.348 e. The second-order valence-electron chi connectivity index (χ2n) is 5.70. The molecule has 1 aliphatic rings. The Bertz CT molecular complexity index is 810. The number of hydrogen-bond acceptors (Lipinski definition) is 3. The minimum Gasteiger partial charge on any atom is -0.348 e. The van der Waals surface area contributed by atoms with E-state index >= 15 is 0 Å². The van der Waals surface area contributed by atoms with Crippen LogP contribution in [0.2, 0.25) is 0 Å². The van der Waals surface area contributed by atoms with Crippen LogP contribution in [0, 0.1) is 18.6 Å². The molecule has 1 saturated carbocycles. The van der Waals surface area contributed by atoms with E-state index in [-0.39, 0.29) is 17.8 Å². The number of halogens is 4. The summed E-state index contributed by atoms with van der Waals surface area (Å²) in [5.74, 6) is -6.23. The highest BCUT2D eigenvalue weighted by Gasteiger charge is 2.59. The Morgan fingerprint density at radius 3 is 2.62 bits per heavy atom. The maximum absolute atomic E-state index is 13.9. The van der Waals surface area contributed by atoms with E-state index in [0.717, 1.165) is 18.5 Å². The maximum Gasteiger partial charge on any atom is 0.257 e. The summed E-state index contributed by atoms with van der Waals surface area (Å²) < 4.78 is 53.2. The molecule has 2 aromatic heterocycles. The van der Waals surface area contributed by atoms with Crippen molar-refractivity contribution in [2.75, 3.05) is 0 Å².